The van der Waals surface area contributed by atoms with Crippen LogP contribution in [-0.4, -0.2) is 23.8 Å². The number of likely N-dealkylation sites (tertiary alicyclic amines) is 1. The van der Waals surface area contributed by atoms with Crippen LogP contribution in [0.2, 0.25) is 0 Å². The largest absolute Gasteiger partial charge is 0.298 e. The van der Waals surface area contributed by atoms with Gasteiger partial charge in [-0.1, -0.05) is 43.7 Å². The van der Waals surface area contributed by atoms with Crippen molar-refractivity contribution in [3.05, 3.63) is 35.9 Å². The summed E-state index contributed by atoms with van der Waals surface area (Å²) in [6, 6.07) is 10.2. The highest BCUT2D eigenvalue weighted by molar-refractivity contribution is 5.85. The minimum atomic E-state index is -0.0125. The molecule has 0 saturated carbocycles. The van der Waals surface area contributed by atoms with Crippen LogP contribution in [0.1, 0.15) is 44.2 Å². The first kappa shape index (κ1) is 12.3. The fourth-order valence-electron chi connectivity index (χ4n) is 2.61. The van der Waals surface area contributed by atoms with Gasteiger partial charge in [0.25, 0.3) is 0 Å². The first-order valence-electron chi connectivity index (χ1n) is 6.64. The van der Waals surface area contributed by atoms with Gasteiger partial charge in [0.1, 0.15) is 0 Å². The number of ketones is 1. The molecule has 92 valence electrons. The number of carbonyl (C=O) groups excluding carboxylic acids is 1. The molecule has 1 aliphatic rings. The van der Waals surface area contributed by atoms with Crippen LogP contribution in [0, 0.1) is 0 Å². The standard InChI is InChI=1S/C15H21NO/c1-2-14(17)15(13-9-5-3-6-10-13)16-11-7-4-8-12-16/h3,5-6,9-10,15H,2,4,7-8,11-12H2,1H3. The Balaban J connectivity index is 2.21. The van der Waals surface area contributed by atoms with Crippen molar-refractivity contribution in [3.63, 3.8) is 0 Å². The molecule has 17 heavy (non-hydrogen) atoms. The van der Waals surface area contributed by atoms with Crippen molar-refractivity contribution in [1.29, 1.82) is 0 Å². The van der Waals surface area contributed by atoms with Gasteiger partial charge in [0.05, 0.1) is 6.04 Å². The molecule has 1 atom stereocenters. The molecule has 1 heterocycles. The second kappa shape index (κ2) is 5.97. The lowest BCUT2D eigenvalue weighted by molar-refractivity contribution is -0.124. The highest BCUT2D eigenvalue weighted by Crippen LogP contribution is 2.26. The van der Waals surface area contributed by atoms with Gasteiger partial charge in [0, 0.05) is 6.42 Å². The molecule has 0 aliphatic carbocycles. The van der Waals surface area contributed by atoms with Crippen LogP contribution in [0.5, 0.6) is 0 Å². The molecular weight excluding hydrogens is 210 g/mol. The summed E-state index contributed by atoms with van der Waals surface area (Å²) in [5.74, 6) is 0.345. The highest BCUT2D eigenvalue weighted by atomic mass is 16.1. The maximum absolute atomic E-state index is 12.2. The Hall–Kier alpha value is -1.15. The average molecular weight is 231 g/mol. The minimum Gasteiger partial charge on any atom is -0.298 e. The zero-order valence-corrected chi connectivity index (χ0v) is 10.6. The fraction of sp³-hybridized carbons (Fsp3) is 0.533. The van der Waals surface area contributed by atoms with Gasteiger partial charge in [-0.05, 0) is 31.5 Å². The van der Waals surface area contributed by atoms with Gasteiger partial charge in [-0.3, -0.25) is 9.69 Å². The van der Waals surface area contributed by atoms with Gasteiger partial charge >= 0.3 is 0 Å². The Morgan fingerprint density at radius 3 is 2.41 bits per heavy atom. The van der Waals surface area contributed by atoms with E-state index in [-0.39, 0.29) is 6.04 Å². The topological polar surface area (TPSA) is 20.3 Å². The first-order valence-corrected chi connectivity index (χ1v) is 6.64. The third-order valence-electron chi connectivity index (χ3n) is 3.52. The van der Waals surface area contributed by atoms with Crippen molar-refractivity contribution >= 4 is 5.78 Å². The van der Waals surface area contributed by atoms with Crippen LogP contribution < -0.4 is 0 Å². The molecule has 0 amide bonds. The van der Waals surface area contributed by atoms with E-state index >= 15 is 0 Å². The number of nitrogens with zero attached hydrogens (tertiary/aromatic N) is 1. The number of hydrogen-bond acceptors (Lipinski definition) is 2. The third kappa shape index (κ3) is 2.95. The number of hydrogen-bond donors (Lipinski definition) is 0. The van der Waals surface area contributed by atoms with Gasteiger partial charge in [-0.2, -0.15) is 0 Å². The minimum absolute atomic E-state index is 0.0125. The van der Waals surface area contributed by atoms with Gasteiger partial charge < -0.3 is 0 Å². The zero-order valence-electron chi connectivity index (χ0n) is 10.6. The van der Waals surface area contributed by atoms with Crippen LogP contribution in [-0.2, 0) is 4.79 Å². The normalized spacial score (nSPS) is 18.9. The summed E-state index contributed by atoms with van der Waals surface area (Å²) in [6.45, 7) is 4.08. The highest BCUT2D eigenvalue weighted by Gasteiger charge is 2.26. The van der Waals surface area contributed by atoms with E-state index in [0.29, 0.717) is 12.2 Å². The van der Waals surface area contributed by atoms with E-state index in [2.05, 4.69) is 17.0 Å². The monoisotopic (exact) mass is 231 g/mol. The molecule has 0 aromatic heterocycles. The summed E-state index contributed by atoms with van der Waals surface area (Å²) in [7, 11) is 0. The lowest BCUT2D eigenvalue weighted by Crippen LogP contribution is -2.37. The van der Waals surface area contributed by atoms with Crippen molar-refractivity contribution < 1.29 is 4.79 Å². The van der Waals surface area contributed by atoms with Crippen LogP contribution in [0.15, 0.2) is 30.3 Å². The molecule has 1 aromatic carbocycles. The van der Waals surface area contributed by atoms with E-state index in [9.17, 15) is 4.79 Å². The first-order chi connectivity index (χ1) is 8.33. The quantitative estimate of drug-likeness (QED) is 0.793. The van der Waals surface area contributed by atoms with Crippen LogP contribution in [0.4, 0.5) is 0 Å². The lowest BCUT2D eigenvalue weighted by atomic mass is 9.97. The maximum Gasteiger partial charge on any atom is 0.154 e. The fourth-order valence-corrected chi connectivity index (χ4v) is 2.61. The summed E-state index contributed by atoms with van der Waals surface area (Å²) >= 11 is 0. The molecular formula is C15H21NO. The summed E-state index contributed by atoms with van der Waals surface area (Å²) in [5.41, 5.74) is 1.15. The van der Waals surface area contributed by atoms with E-state index in [1.165, 1.54) is 19.3 Å². The van der Waals surface area contributed by atoms with Crippen LogP contribution in [0.25, 0.3) is 0 Å². The van der Waals surface area contributed by atoms with E-state index < -0.39 is 0 Å². The van der Waals surface area contributed by atoms with E-state index in [1.54, 1.807) is 0 Å². The van der Waals surface area contributed by atoms with Crippen LogP contribution in [0.3, 0.4) is 0 Å². The molecule has 1 fully saturated rings. The Morgan fingerprint density at radius 1 is 1.18 bits per heavy atom. The maximum atomic E-state index is 12.2. The molecule has 0 spiro atoms. The summed E-state index contributed by atoms with van der Waals surface area (Å²) in [5, 5.41) is 0. The molecule has 0 N–H and O–H groups in total. The SMILES string of the molecule is CCC(=O)C(c1ccccc1)N1CCCCC1. The smallest absolute Gasteiger partial charge is 0.154 e. The van der Waals surface area contributed by atoms with Crippen molar-refractivity contribution in [2.24, 2.45) is 0 Å². The molecule has 1 aromatic rings. The van der Waals surface area contributed by atoms with Gasteiger partial charge in [-0.25, -0.2) is 0 Å². The zero-order chi connectivity index (χ0) is 12.1. The van der Waals surface area contributed by atoms with E-state index in [4.69, 9.17) is 0 Å². The number of carbonyl (C=O) groups is 1. The van der Waals surface area contributed by atoms with Crippen molar-refractivity contribution in [2.75, 3.05) is 13.1 Å². The Kier molecular flexibility index (Phi) is 4.32. The Morgan fingerprint density at radius 2 is 1.82 bits per heavy atom. The second-order valence-electron chi connectivity index (χ2n) is 4.73. The molecule has 1 saturated heterocycles. The number of rotatable bonds is 4. The van der Waals surface area contributed by atoms with Crippen molar-refractivity contribution in [1.82, 2.24) is 4.90 Å². The molecule has 2 nitrogen and oxygen atoms in total. The average Bonchev–Trinajstić information content (AvgIpc) is 2.41. The van der Waals surface area contributed by atoms with Crippen molar-refractivity contribution in [2.45, 2.75) is 38.6 Å². The summed E-state index contributed by atoms with van der Waals surface area (Å²) in [4.78, 5) is 14.5. The molecule has 1 aliphatic heterocycles. The number of benzene rings is 1. The predicted octanol–water partition coefficient (Wildman–Crippen LogP) is 3.19. The van der Waals surface area contributed by atoms with E-state index in [0.717, 1.165) is 18.7 Å². The van der Waals surface area contributed by atoms with Gasteiger partial charge in [0.15, 0.2) is 5.78 Å². The molecule has 1 unspecified atom stereocenters. The Bertz CT molecular complexity index is 354. The number of piperidine rings is 1. The van der Waals surface area contributed by atoms with Crippen molar-refractivity contribution in [3.8, 4) is 0 Å². The second-order valence-corrected chi connectivity index (χ2v) is 4.73. The van der Waals surface area contributed by atoms with Crippen LogP contribution >= 0.6 is 0 Å². The lowest BCUT2D eigenvalue weighted by Gasteiger charge is -2.33. The molecule has 0 radical (unpaired) electrons. The predicted molar refractivity (Wildman–Crippen MR) is 69.9 cm³/mol. The molecule has 0 bridgehead atoms. The molecule has 2 heteroatoms. The van der Waals surface area contributed by atoms with Gasteiger partial charge in [0.2, 0.25) is 0 Å². The summed E-state index contributed by atoms with van der Waals surface area (Å²) < 4.78 is 0. The molecule has 2 rings (SSSR count). The third-order valence-corrected chi connectivity index (χ3v) is 3.52. The Labute approximate surface area is 104 Å². The van der Waals surface area contributed by atoms with E-state index in [1.807, 2.05) is 25.1 Å². The summed E-state index contributed by atoms with van der Waals surface area (Å²) in [6.07, 6.45) is 4.37. The van der Waals surface area contributed by atoms with Gasteiger partial charge in [-0.15, -0.1) is 0 Å². The number of Topliss-reactive ketones (excluding diaryl/α,β-unsaturated/α-hetero) is 1.